The van der Waals surface area contributed by atoms with Gasteiger partial charge in [0.1, 0.15) is 5.75 Å². The monoisotopic (exact) mass is 407 g/mol. The number of hydrogen-bond donors (Lipinski definition) is 2. The van der Waals surface area contributed by atoms with Gasteiger partial charge in [0.2, 0.25) is 0 Å². The lowest BCUT2D eigenvalue weighted by Gasteiger charge is -2.11. The van der Waals surface area contributed by atoms with Gasteiger partial charge in [0, 0.05) is 19.7 Å². The lowest BCUT2D eigenvalue weighted by molar-refractivity contribution is 0.152. The van der Waals surface area contributed by atoms with Gasteiger partial charge in [-0.25, -0.2) is 4.99 Å². The van der Waals surface area contributed by atoms with Crippen LogP contribution < -0.4 is 15.4 Å². The first kappa shape index (κ1) is 20.0. The summed E-state index contributed by atoms with van der Waals surface area (Å²) in [6.07, 6.45) is 0. The van der Waals surface area contributed by atoms with Gasteiger partial charge in [0.15, 0.2) is 5.96 Å². The molecule has 6 heteroatoms. The first-order valence-corrected chi connectivity index (χ1v) is 7.03. The molecule has 0 aliphatic rings. The minimum Gasteiger partial charge on any atom is -0.497 e. The van der Waals surface area contributed by atoms with Gasteiger partial charge >= 0.3 is 0 Å². The molecule has 0 aromatic heterocycles. The zero-order chi connectivity index (χ0) is 14.6. The molecule has 0 amide bonds. The molecule has 1 rings (SSSR count). The lowest BCUT2D eigenvalue weighted by atomic mass is 10.2. The molecule has 2 N–H and O–H groups in total. The number of rotatable bonds is 8. The normalized spacial score (nSPS) is 10.7. The Balaban J connectivity index is 0.00000400. The summed E-state index contributed by atoms with van der Waals surface area (Å²) in [6.45, 7) is 7.64. The summed E-state index contributed by atoms with van der Waals surface area (Å²) in [4.78, 5) is 4.54. The minimum atomic E-state index is 0. The van der Waals surface area contributed by atoms with Gasteiger partial charge in [0.25, 0.3) is 0 Å². The van der Waals surface area contributed by atoms with E-state index in [1.165, 1.54) is 0 Å². The van der Waals surface area contributed by atoms with Crippen molar-refractivity contribution < 1.29 is 9.47 Å². The Kier molecular flexibility index (Phi) is 12.1. The fourth-order valence-corrected chi connectivity index (χ4v) is 1.67. The molecule has 120 valence electrons. The fraction of sp³-hybridized carbons (Fsp3) is 0.533. The van der Waals surface area contributed by atoms with Crippen LogP contribution in [0.4, 0.5) is 0 Å². The van der Waals surface area contributed by atoms with Crippen molar-refractivity contribution in [3.05, 3.63) is 29.8 Å². The van der Waals surface area contributed by atoms with Crippen LogP contribution in [0.1, 0.15) is 19.4 Å². The van der Waals surface area contributed by atoms with Gasteiger partial charge in [-0.05, 0) is 31.5 Å². The number of methoxy groups -OCH3 is 1. The predicted octanol–water partition coefficient (Wildman–Crippen LogP) is 2.40. The fourth-order valence-electron chi connectivity index (χ4n) is 1.67. The largest absolute Gasteiger partial charge is 0.497 e. The van der Waals surface area contributed by atoms with Crippen LogP contribution in [-0.4, -0.2) is 39.4 Å². The molecule has 0 atom stereocenters. The first-order chi connectivity index (χ1) is 9.80. The molecule has 21 heavy (non-hydrogen) atoms. The molecule has 0 aliphatic carbocycles. The van der Waals surface area contributed by atoms with Crippen molar-refractivity contribution in [2.75, 3.05) is 33.4 Å². The highest BCUT2D eigenvalue weighted by atomic mass is 127. The quantitative estimate of drug-likeness (QED) is 0.301. The highest BCUT2D eigenvalue weighted by molar-refractivity contribution is 14.0. The topological polar surface area (TPSA) is 54.9 Å². The van der Waals surface area contributed by atoms with Crippen molar-refractivity contribution in [3.8, 4) is 5.75 Å². The third kappa shape index (κ3) is 8.77. The van der Waals surface area contributed by atoms with Crippen LogP contribution in [0, 0.1) is 0 Å². The van der Waals surface area contributed by atoms with Gasteiger partial charge in [-0.1, -0.05) is 12.1 Å². The number of halogens is 1. The van der Waals surface area contributed by atoms with E-state index < -0.39 is 0 Å². The summed E-state index contributed by atoms with van der Waals surface area (Å²) in [7, 11) is 1.67. The van der Waals surface area contributed by atoms with Crippen molar-refractivity contribution >= 4 is 29.9 Å². The molecule has 1 aromatic rings. The highest BCUT2D eigenvalue weighted by Gasteiger charge is 1.98. The zero-order valence-electron chi connectivity index (χ0n) is 13.0. The maximum Gasteiger partial charge on any atom is 0.191 e. The molecule has 0 aliphatic heterocycles. The number of nitrogens with zero attached hydrogens (tertiary/aromatic N) is 1. The second kappa shape index (κ2) is 12.7. The maximum atomic E-state index is 5.29. The standard InChI is InChI=1S/C15H25N3O2.HI/c1-4-16-15(17-9-10-20-5-2)18-12-13-7-6-8-14(11-13)19-3;/h6-8,11H,4-5,9-10,12H2,1-3H3,(H2,16,17,18);1H. The highest BCUT2D eigenvalue weighted by Crippen LogP contribution is 2.12. The maximum absolute atomic E-state index is 5.29. The van der Waals surface area contributed by atoms with E-state index in [0.717, 1.165) is 37.0 Å². The molecule has 0 saturated heterocycles. The van der Waals surface area contributed by atoms with Crippen molar-refractivity contribution in [2.24, 2.45) is 4.99 Å². The molecule has 1 aromatic carbocycles. The molecule has 0 unspecified atom stereocenters. The van der Waals surface area contributed by atoms with Crippen LogP contribution in [0.25, 0.3) is 0 Å². The Hall–Kier alpha value is -1.02. The summed E-state index contributed by atoms with van der Waals surface area (Å²) in [6, 6.07) is 7.93. The molecule has 0 fully saturated rings. The molecule has 5 nitrogen and oxygen atoms in total. The summed E-state index contributed by atoms with van der Waals surface area (Å²) in [5, 5.41) is 6.45. The van der Waals surface area contributed by atoms with E-state index in [9.17, 15) is 0 Å². The van der Waals surface area contributed by atoms with Gasteiger partial charge in [-0.15, -0.1) is 24.0 Å². The van der Waals surface area contributed by atoms with E-state index in [0.29, 0.717) is 13.2 Å². The minimum absolute atomic E-state index is 0. The van der Waals surface area contributed by atoms with E-state index in [-0.39, 0.29) is 24.0 Å². The second-order valence-corrected chi connectivity index (χ2v) is 4.17. The van der Waals surface area contributed by atoms with Gasteiger partial charge < -0.3 is 20.1 Å². The van der Waals surface area contributed by atoms with Gasteiger partial charge in [0.05, 0.1) is 20.3 Å². The van der Waals surface area contributed by atoms with Crippen molar-refractivity contribution in [2.45, 2.75) is 20.4 Å². The number of hydrogen-bond acceptors (Lipinski definition) is 3. The van der Waals surface area contributed by atoms with Crippen LogP contribution in [0.2, 0.25) is 0 Å². The summed E-state index contributed by atoms with van der Waals surface area (Å²) >= 11 is 0. The van der Waals surface area contributed by atoms with Crippen molar-refractivity contribution in [1.29, 1.82) is 0 Å². The average Bonchev–Trinajstić information content (AvgIpc) is 2.49. The van der Waals surface area contributed by atoms with Gasteiger partial charge in [-0.2, -0.15) is 0 Å². The van der Waals surface area contributed by atoms with E-state index in [1.807, 2.05) is 38.1 Å². The Morgan fingerprint density at radius 1 is 1.24 bits per heavy atom. The summed E-state index contributed by atoms with van der Waals surface area (Å²) in [5.41, 5.74) is 1.12. The smallest absolute Gasteiger partial charge is 0.191 e. The molecular weight excluding hydrogens is 381 g/mol. The third-order valence-corrected chi connectivity index (χ3v) is 2.64. The predicted molar refractivity (Wildman–Crippen MR) is 97.7 cm³/mol. The SMILES string of the molecule is CCNC(=NCc1cccc(OC)c1)NCCOCC.I. The number of ether oxygens (including phenoxy) is 2. The molecule has 0 spiro atoms. The Morgan fingerprint density at radius 2 is 2.05 bits per heavy atom. The number of guanidine groups is 1. The number of benzene rings is 1. The van der Waals surface area contributed by atoms with E-state index >= 15 is 0 Å². The molecule has 0 heterocycles. The number of nitrogens with one attached hydrogen (secondary N) is 2. The van der Waals surface area contributed by atoms with Crippen LogP contribution >= 0.6 is 24.0 Å². The van der Waals surface area contributed by atoms with Crippen LogP contribution in [0.15, 0.2) is 29.3 Å². The van der Waals surface area contributed by atoms with E-state index in [1.54, 1.807) is 7.11 Å². The van der Waals surface area contributed by atoms with Crippen LogP contribution in [-0.2, 0) is 11.3 Å². The Labute approximate surface area is 144 Å². The molecule has 0 bridgehead atoms. The number of aliphatic imine (C=N–C) groups is 1. The van der Waals surface area contributed by atoms with Gasteiger partial charge in [-0.3, -0.25) is 0 Å². The second-order valence-electron chi connectivity index (χ2n) is 4.17. The molecule has 0 radical (unpaired) electrons. The first-order valence-electron chi connectivity index (χ1n) is 7.03. The van der Waals surface area contributed by atoms with Crippen molar-refractivity contribution in [1.82, 2.24) is 10.6 Å². The van der Waals surface area contributed by atoms with Crippen LogP contribution in [0.3, 0.4) is 0 Å². The van der Waals surface area contributed by atoms with Crippen molar-refractivity contribution in [3.63, 3.8) is 0 Å². The average molecular weight is 407 g/mol. The third-order valence-electron chi connectivity index (χ3n) is 2.64. The van der Waals surface area contributed by atoms with E-state index in [2.05, 4.69) is 15.6 Å². The lowest BCUT2D eigenvalue weighted by Crippen LogP contribution is -2.39. The Morgan fingerprint density at radius 3 is 2.71 bits per heavy atom. The molecule has 0 saturated carbocycles. The Bertz CT molecular complexity index is 414. The van der Waals surface area contributed by atoms with Crippen LogP contribution in [0.5, 0.6) is 5.75 Å². The summed E-state index contributed by atoms with van der Waals surface area (Å²) < 4.78 is 10.5. The zero-order valence-corrected chi connectivity index (χ0v) is 15.3. The summed E-state index contributed by atoms with van der Waals surface area (Å²) in [5.74, 6) is 1.65. The molecular formula is C15H26IN3O2. The van der Waals surface area contributed by atoms with E-state index in [4.69, 9.17) is 9.47 Å².